The molecule has 6 nitrogen and oxygen atoms in total. The summed E-state index contributed by atoms with van der Waals surface area (Å²) in [6.07, 6.45) is 6.16. The van der Waals surface area contributed by atoms with Crippen LogP contribution >= 0.6 is 0 Å². The highest BCUT2D eigenvalue weighted by atomic mass is 16.5. The van der Waals surface area contributed by atoms with E-state index in [1.54, 1.807) is 0 Å². The Morgan fingerprint density at radius 3 is 2.40 bits per heavy atom. The Morgan fingerprint density at radius 1 is 0.667 bits per heavy atom. The zero-order valence-electron chi connectivity index (χ0n) is 22.1. The second-order valence-electron chi connectivity index (χ2n) is 11.6. The SMILES string of the molecule is c1cc[n+]2c(c1)-n1c3ccccc3c3ccc4c(c31)C21c2c(ccc3c5ccncc5n5c6ccccc6[n+]1c5c23)O4. The van der Waals surface area contributed by atoms with Crippen LogP contribution in [0.4, 0.5) is 0 Å². The topological polar surface area (TPSA) is 39.2 Å². The molecule has 0 bridgehead atoms. The van der Waals surface area contributed by atoms with Crippen molar-refractivity contribution >= 4 is 60.2 Å². The lowest BCUT2D eigenvalue weighted by Crippen LogP contribution is -2.75. The Morgan fingerprint density at radius 2 is 1.45 bits per heavy atom. The molecule has 0 aliphatic carbocycles. The molecular formula is C36H19N5O+2. The maximum absolute atomic E-state index is 6.90. The molecule has 8 heterocycles. The van der Waals surface area contributed by atoms with Gasteiger partial charge in [-0.05, 0) is 60.7 Å². The van der Waals surface area contributed by atoms with E-state index >= 15 is 0 Å². The minimum atomic E-state index is -0.690. The fraction of sp³-hybridized carbons (Fsp3) is 0.0278. The van der Waals surface area contributed by atoms with Crippen molar-refractivity contribution < 1.29 is 13.9 Å². The van der Waals surface area contributed by atoms with E-state index in [1.807, 2.05) is 12.4 Å². The lowest BCUT2D eigenvalue weighted by molar-refractivity contribution is -0.946. The van der Waals surface area contributed by atoms with Crippen LogP contribution in [0.15, 0.2) is 116 Å². The van der Waals surface area contributed by atoms with E-state index in [9.17, 15) is 0 Å². The van der Waals surface area contributed by atoms with Crippen LogP contribution in [0.1, 0.15) is 11.1 Å². The molecule has 0 fully saturated rings. The minimum Gasteiger partial charge on any atom is -0.456 e. The maximum Gasteiger partial charge on any atom is 0.319 e. The first-order chi connectivity index (χ1) is 20.9. The number of ether oxygens (including phenoxy) is 1. The Hall–Kier alpha value is -5.75. The molecule has 1 spiro atoms. The Balaban J connectivity index is 1.48. The normalized spacial score (nSPS) is 17.3. The van der Waals surface area contributed by atoms with Crippen LogP contribution < -0.4 is 13.9 Å². The summed E-state index contributed by atoms with van der Waals surface area (Å²) in [6.45, 7) is 0. The molecule has 12 rings (SSSR count). The molecule has 6 heteroatoms. The molecule has 192 valence electrons. The third kappa shape index (κ3) is 1.82. The highest BCUT2D eigenvalue weighted by Crippen LogP contribution is 2.57. The van der Waals surface area contributed by atoms with Crippen molar-refractivity contribution in [2.75, 3.05) is 0 Å². The number of para-hydroxylation sites is 3. The molecule has 9 aromatic rings. The van der Waals surface area contributed by atoms with Crippen molar-refractivity contribution in [3.8, 4) is 17.3 Å². The van der Waals surface area contributed by atoms with Gasteiger partial charge in [-0.2, -0.15) is 18.1 Å². The largest absolute Gasteiger partial charge is 0.456 e. The van der Waals surface area contributed by atoms with Gasteiger partial charge in [0.05, 0.1) is 17.8 Å². The highest BCUT2D eigenvalue weighted by Gasteiger charge is 2.65. The number of hydrogen-bond acceptors (Lipinski definition) is 2. The summed E-state index contributed by atoms with van der Waals surface area (Å²) in [6, 6.07) is 35.1. The lowest BCUT2D eigenvalue weighted by atomic mass is 9.83. The van der Waals surface area contributed by atoms with Crippen LogP contribution in [-0.2, 0) is 5.66 Å². The van der Waals surface area contributed by atoms with Gasteiger partial charge in [0.25, 0.3) is 5.82 Å². The molecule has 0 saturated carbocycles. The molecule has 0 radical (unpaired) electrons. The summed E-state index contributed by atoms with van der Waals surface area (Å²) in [5, 5.41) is 6.12. The molecule has 3 aliphatic heterocycles. The van der Waals surface area contributed by atoms with Crippen molar-refractivity contribution in [1.82, 2.24) is 14.0 Å². The van der Waals surface area contributed by atoms with Crippen molar-refractivity contribution in [2.45, 2.75) is 5.66 Å². The first kappa shape index (κ1) is 20.2. The van der Waals surface area contributed by atoms with E-state index in [4.69, 9.17) is 4.74 Å². The third-order valence-electron chi connectivity index (χ3n) is 9.96. The van der Waals surface area contributed by atoms with Gasteiger partial charge in [0, 0.05) is 33.8 Å². The van der Waals surface area contributed by atoms with E-state index < -0.39 is 5.66 Å². The average molecular weight is 538 g/mol. The quantitative estimate of drug-likeness (QED) is 0.164. The summed E-state index contributed by atoms with van der Waals surface area (Å²) in [7, 11) is 0. The number of rotatable bonds is 0. The Labute approximate surface area is 237 Å². The average Bonchev–Trinajstić information content (AvgIpc) is 3.68. The van der Waals surface area contributed by atoms with E-state index in [0.29, 0.717) is 0 Å². The van der Waals surface area contributed by atoms with Gasteiger partial charge < -0.3 is 4.74 Å². The van der Waals surface area contributed by atoms with Gasteiger partial charge in [0.15, 0.2) is 22.1 Å². The van der Waals surface area contributed by atoms with Gasteiger partial charge in [-0.15, -0.1) is 0 Å². The number of pyridine rings is 3. The maximum atomic E-state index is 6.90. The number of benzene rings is 4. The molecule has 5 aromatic heterocycles. The van der Waals surface area contributed by atoms with Crippen molar-refractivity contribution in [2.24, 2.45) is 0 Å². The van der Waals surface area contributed by atoms with Gasteiger partial charge in [-0.25, -0.2) is 0 Å². The Bertz CT molecular complexity index is 2790. The van der Waals surface area contributed by atoms with Gasteiger partial charge in [0.2, 0.25) is 0 Å². The summed E-state index contributed by atoms with van der Waals surface area (Å²) in [4.78, 5) is 4.59. The van der Waals surface area contributed by atoms with Crippen molar-refractivity contribution in [3.63, 3.8) is 0 Å². The Kier molecular flexibility index (Phi) is 3.01. The van der Waals surface area contributed by atoms with E-state index in [-0.39, 0.29) is 0 Å². The smallest absolute Gasteiger partial charge is 0.319 e. The van der Waals surface area contributed by atoms with Crippen LogP contribution in [0, 0.1) is 0 Å². The van der Waals surface area contributed by atoms with Gasteiger partial charge in [-0.3, -0.25) is 4.98 Å². The van der Waals surface area contributed by atoms with Gasteiger partial charge in [0.1, 0.15) is 28.1 Å². The summed E-state index contributed by atoms with van der Waals surface area (Å²) in [5.41, 5.74) is 8.71. The van der Waals surface area contributed by atoms with Crippen LogP contribution in [0.5, 0.6) is 11.5 Å². The zero-order valence-corrected chi connectivity index (χ0v) is 22.1. The predicted octanol–water partition coefficient (Wildman–Crippen LogP) is 6.50. The second-order valence-corrected chi connectivity index (χ2v) is 11.6. The first-order valence-corrected chi connectivity index (χ1v) is 14.3. The number of fused-ring (bicyclic) bond motifs is 11. The van der Waals surface area contributed by atoms with Crippen LogP contribution in [0.3, 0.4) is 0 Å². The first-order valence-electron chi connectivity index (χ1n) is 14.3. The molecule has 4 aromatic carbocycles. The number of aromatic nitrogens is 5. The molecule has 0 N–H and O–H groups in total. The molecule has 0 saturated heterocycles. The van der Waals surface area contributed by atoms with E-state index in [1.165, 1.54) is 65.8 Å². The lowest BCUT2D eigenvalue weighted by Gasteiger charge is -2.36. The van der Waals surface area contributed by atoms with Crippen LogP contribution in [0.2, 0.25) is 0 Å². The molecule has 1 unspecified atom stereocenters. The van der Waals surface area contributed by atoms with Crippen molar-refractivity contribution in [3.05, 3.63) is 127 Å². The summed E-state index contributed by atoms with van der Waals surface area (Å²) < 4.78 is 16.8. The van der Waals surface area contributed by atoms with Gasteiger partial charge >= 0.3 is 11.3 Å². The fourth-order valence-corrected chi connectivity index (χ4v) is 8.63. The fourth-order valence-electron chi connectivity index (χ4n) is 8.63. The molecule has 3 aliphatic rings. The molecule has 1 atom stereocenters. The number of nitrogens with zero attached hydrogens (tertiary/aromatic N) is 5. The van der Waals surface area contributed by atoms with E-state index in [2.05, 4.69) is 126 Å². The number of hydrogen-bond donors (Lipinski definition) is 0. The van der Waals surface area contributed by atoms with Crippen LogP contribution in [-0.4, -0.2) is 14.0 Å². The number of imidazole rings is 1. The van der Waals surface area contributed by atoms with Crippen molar-refractivity contribution in [1.29, 1.82) is 0 Å². The summed E-state index contributed by atoms with van der Waals surface area (Å²) >= 11 is 0. The summed E-state index contributed by atoms with van der Waals surface area (Å²) in [5.74, 6) is 2.94. The third-order valence-corrected chi connectivity index (χ3v) is 9.96. The predicted molar refractivity (Wildman–Crippen MR) is 161 cm³/mol. The standard InChI is InChI=1S/C36H19N5O/c1-2-8-24-20(7-1)23-13-15-29-33-34(23)40(24)30-11-5-6-18-38(30)36(33)32-28(42-29)14-12-22-21-16-17-37-19-27(21)39-25-9-3-4-10-26(25)41(36)35(39)31(22)32/h1-19H/q+2. The molecular weight excluding hydrogens is 518 g/mol. The molecule has 0 amide bonds. The van der Waals surface area contributed by atoms with Gasteiger partial charge in [-0.1, -0.05) is 30.3 Å². The van der Waals surface area contributed by atoms with Crippen LogP contribution in [0.25, 0.3) is 66.0 Å². The van der Waals surface area contributed by atoms with E-state index in [0.717, 1.165) is 22.8 Å². The minimum absolute atomic E-state index is 0.690. The molecule has 42 heavy (non-hydrogen) atoms. The second kappa shape index (κ2) is 6.26. The highest BCUT2D eigenvalue weighted by molar-refractivity contribution is 6.17. The monoisotopic (exact) mass is 537 g/mol. The zero-order chi connectivity index (χ0) is 26.9.